The number of aromatic nitrogens is 1. The Morgan fingerprint density at radius 2 is 2.56 bits per heavy atom. The second kappa shape index (κ2) is 2.94. The lowest BCUT2D eigenvalue weighted by Crippen LogP contribution is -1.87. The van der Waals surface area contributed by atoms with Crippen molar-refractivity contribution in [1.82, 2.24) is 4.37 Å². The van der Waals surface area contributed by atoms with Crippen molar-refractivity contribution < 1.29 is 5.11 Å². The van der Waals surface area contributed by atoms with Crippen molar-refractivity contribution in [3.8, 4) is 0 Å². The van der Waals surface area contributed by atoms with Crippen molar-refractivity contribution in [2.24, 2.45) is 0 Å². The van der Waals surface area contributed by atoms with E-state index in [1.54, 1.807) is 0 Å². The molecule has 2 nitrogen and oxygen atoms in total. The van der Waals surface area contributed by atoms with Crippen LogP contribution in [0.25, 0.3) is 0 Å². The highest BCUT2D eigenvalue weighted by molar-refractivity contribution is 7.05. The van der Waals surface area contributed by atoms with E-state index in [0.29, 0.717) is 0 Å². The molecular weight excluding hydrogens is 134 g/mol. The second-order valence-corrected chi connectivity index (χ2v) is 2.79. The molecule has 0 saturated heterocycles. The quantitative estimate of drug-likeness (QED) is 0.669. The number of aliphatic hydroxyl groups is 1. The fraction of sp³-hybridized carbons (Fsp3) is 0.500. The van der Waals surface area contributed by atoms with Gasteiger partial charge in [-0.05, 0) is 24.0 Å². The van der Waals surface area contributed by atoms with E-state index in [1.807, 2.05) is 13.1 Å². The average molecular weight is 143 g/mol. The van der Waals surface area contributed by atoms with Crippen LogP contribution in [0.2, 0.25) is 0 Å². The van der Waals surface area contributed by atoms with Crippen molar-refractivity contribution in [3.63, 3.8) is 0 Å². The Hall–Kier alpha value is -0.410. The summed E-state index contributed by atoms with van der Waals surface area (Å²) in [5, 5.41) is 8.54. The molecule has 1 heterocycles. The van der Waals surface area contributed by atoms with Gasteiger partial charge in [0.05, 0.1) is 0 Å². The van der Waals surface area contributed by atoms with Crippen LogP contribution in [0.4, 0.5) is 0 Å². The molecule has 0 spiro atoms. The van der Waals surface area contributed by atoms with E-state index in [-0.39, 0.29) is 6.61 Å². The predicted molar refractivity (Wildman–Crippen MR) is 37.6 cm³/mol. The van der Waals surface area contributed by atoms with E-state index < -0.39 is 0 Å². The van der Waals surface area contributed by atoms with Gasteiger partial charge in [-0.2, -0.15) is 0 Å². The number of aliphatic hydroxyl groups excluding tert-OH is 1. The Morgan fingerprint density at radius 3 is 3.00 bits per heavy atom. The molecule has 0 aliphatic carbocycles. The molecule has 0 bridgehead atoms. The molecule has 1 N–H and O–H groups in total. The molecular formula is C6H9NOS. The number of hydrogen-bond acceptors (Lipinski definition) is 3. The van der Waals surface area contributed by atoms with Crippen LogP contribution in [0, 0.1) is 6.92 Å². The first-order valence-electron chi connectivity index (χ1n) is 2.85. The summed E-state index contributed by atoms with van der Waals surface area (Å²) >= 11 is 1.46. The first-order valence-corrected chi connectivity index (χ1v) is 3.63. The highest BCUT2D eigenvalue weighted by Gasteiger charge is 1.97. The minimum Gasteiger partial charge on any atom is -0.396 e. The Bertz CT molecular complexity index is 185. The number of rotatable bonds is 2. The summed E-state index contributed by atoms with van der Waals surface area (Å²) < 4.78 is 3.97. The van der Waals surface area contributed by atoms with Crippen LogP contribution in [0.1, 0.15) is 10.4 Å². The van der Waals surface area contributed by atoms with Crippen LogP contribution in [0.3, 0.4) is 0 Å². The van der Waals surface area contributed by atoms with Gasteiger partial charge in [0.2, 0.25) is 0 Å². The molecule has 3 heteroatoms. The minimum absolute atomic E-state index is 0.225. The highest BCUT2D eigenvalue weighted by atomic mass is 32.1. The van der Waals surface area contributed by atoms with E-state index in [4.69, 9.17) is 5.11 Å². The summed E-state index contributed by atoms with van der Waals surface area (Å²) in [4.78, 5) is 1.19. The van der Waals surface area contributed by atoms with Crippen molar-refractivity contribution in [1.29, 1.82) is 0 Å². The Balaban J connectivity index is 2.69. The smallest absolute Gasteiger partial charge is 0.0480 e. The molecule has 1 aromatic heterocycles. The molecule has 0 atom stereocenters. The van der Waals surface area contributed by atoms with E-state index in [2.05, 4.69) is 4.37 Å². The summed E-state index contributed by atoms with van der Waals surface area (Å²) in [5.41, 5.74) is 1.19. The van der Waals surface area contributed by atoms with Gasteiger partial charge in [-0.15, -0.1) is 0 Å². The zero-order valence-electron chi connectivity index (χ0n) is 5.29. The number of aryl methyl sites for hydroxylation is 1. The molecule has 0 aliphatic rings. The van der Waals surface area contributed by atoms with Crippen molar-refractivity contribution in [3.05, 3.63) is 16.6 Å². The lowest BCUT2D eigenvalue weighted by Gasteiger charge is -1.90. The summed E-state index contributed by atoms with van der Waals surface area (Å²) in [5.74, 6) is 0. The molecule has 0 aliphatic heterocycles. The standard InChI is InChI=1S/C6H9NOS/c1-5-4-7-9-6(5)2-3-8/h4,8H,2-3H2,1H3. The van der Waals surface area contributed by atoms with E-state index in [1.165, 1.54) is 22.0 Å². The lowest BCUT2D eigenvalue weighted by atomic mass is 10.2. The summed E-state index contributed by atoms with van der Waals surface area (Å²) in [6, 6.07) is 0. The fourth-order valence-electron chi connectivity index (χ4n) is 0.657. The molecule has 0 saturated carbocycles. The van der Waals surface area contributed by atoms with Crippen LogP contribution in [0.15, 0.2) is 6.20 Å². The summed E-state index contributed by atoms with van der Waals surface area (Å²) in [7, 11) is 0. The normalized spacial score (nSPS) is 10.0. The first kappa shape index (κ1) is 6.71. The van der Waals surface area contributed by atoms with Crippen LogP contribution < -0.4 is 0 Å². The minimum atomic E-state index is 0.225. The van der Waals surface area contributed by atoms with Crippen LogP contribution in [-0.4, -0.2) is 16.1 Å². The Kier molecular flexibility index (Phi) is 2.19. The summed E-state index contributed by atoms with van der Waals surface area (Å²) in [6.07, 6.45) is 2.58. The third-order valence-electron chi connectivity index (χ3n) is 1.19. The molecule has 0 radical (unpaired) electrons. The molecule has 0 aromatic carbocycles. The van der Waals surface area contributed by atoms with Gasteiger partial charge in [0.25, 0.3) is 0 Å². The third kappa shape index (κ3) is 1.50. The topological polar surface area (TPSA) is 33.1 Å². The van der Waals surface area contributed by atoms with Crippen molar-refractivity contribution in [2.45, 2.75) is 13.3 Å². The lowest BCUT2D eigenvalue weighted by molar-refractivity contribution is 0.300. The van der Waals surface area contributed by atoms with Gasteiger partial charge in [0.1, 0.15) is 0 Å². The van der Waals surface area contributed by atoms with Crippen LogP contribution in [-0.2, 0) is 6.42 Å². The Morgan fingerprint density at radius 1 is 1.78 bits per heavy atom. The van der Waals surface area contributed by atoms with E-state index >= 15 is 0 Å². The average Bonchev–Trinajstić information content (AvgIpc) is 2.18. The maximum Gasteiger partial charge on any atom is 0.0480 e. The number of nitrogens with zero attached hydrogens (tertiary/aromatic N) is 1. The van der Waals surface area contributed by atoms with Gasteiger partial charge in [0, 0.05) is 24.1 Å². The zero-order chi connectivity index (χ0) is 6.69. The molecule has 50 valence electrons. The van der Waals surface area contributed by atoms with Crippen LogP contribution in [0.5, 0.6) is 0 Å². The Labute approximate surface area is 58.3 Å². The molecule has 1 aromatic rings. The predicted octanol–water partition coefficient (Wildman–Crippen LogP) is 0.986. The molecule has 0 fully saturated rings. The largest absolute Gasteiger partial charge is 0.396 e. The molecule has 9 heavy (non-hydrogen) atoms. The van der Waals surface area contributed by atoms with Gasteiger partial charge in [-0.1, -0.05) is 0 Å². The van der Waals surface area contributed by atoms with Crippen molar-refractivity contribution >= 4 is 11.5 Å². The maximum atomic E-state index is 8.54. The van der Waals surface area contributed by atoms with Crippen molar-refractivity contribution in [2.75, 3.05) is 6.61 Å². The van der Waals surface area contributed by atoms with Gasteiger partial charge in [-0.3, -0.25) is 0 Å². The van der Waals surface area contributed by atoms with E-state index in [9.17, 15) is 0 Å². The van der Waals surface area contributed by atoms with E-state index in [0.717, 1.165) is 6.42 Å². The van der Waals surface area contributed by atoms with Gasteiger partial charge < -0.3 is 5.11 Å². The second-order valence-electron chi connectivity index (χ2n) is 1.91. The third-order valence-corrected chi connectivity index (χ3v) is 2.15. The van der Waals surface area contributed by atoms with Gasteiger partial charge in [0.15, 0.2) is 0 Å². The van der Waals surface area contributed by atoms with Gasteiger partial charge in [-0.25, -0.2) is 4.37 Å². The monoisotopic (exact) mass is 143 g/mol. The SMILES string of the molecule is Cc1cnsc1CCO. The number of hydrogen-bond donors (Lipinski definition) is 1. The molecule has 0 amide bonds. The summed E-state index contributed by atoms with van der Waals surface area (Å²) in [6.45, 7) is 2.23. The van der Waals surface area contributed by atoms with Crippen LogP contribution >= 0.6 is 11.5 Å². The first-order chi connectivity index (χ1) is 4.34. The fourth-order valence-corrected chi connectivity index (χ4v) is 1.37. The highest BCUT2D eigenvalue weighted by Crippen LogP contribution is 2.11. The van der Waals surface area contributed by atoms with Gasteiger partial charge >= 0.3 is 0 Å². The zero-order valence-corrected chi connectivity index (χ0v) is 6.11. The molecule has 1 rings (SSSR count). The molecule has 0 unspecified atom stereocenters. The maximum absolute atomic E-state index is 8.54.